The minimum absolute atomic E-state index is 0.0307. The Bertz CT molecular complexity index is 597. The van der Waals surface area contributed by atoms with Crippen molar-refractivity contribution in [2.24, 2.45) is 0 Å². The lowest BCUT2D eigenvalue weighted by Gasteiger charge is -2.05. The van der Waals surface area contributed by atoms with Crippen LogP contribution >= 0.6 is 0 Å². The van der Waals surface area contributed by atoms with Crippen molar-refractivity contribution in [3.05, 3.63) is 36.9 Å². The molecule has 88 valence electrons. The third-order valence-electron chi connectivity index (χ3n) is 1.91. The molecule has 1 heterocycles. The van der Waals surface area contributed by atoms with Crippen LogP contribution in [0.15, 0.2) is 41.8 Å². The van der Waals surface area contributed by atoms with Crippen LogP contribution in [0.2, 0.25) is 0 Å². The summed E-state index contributed by atoms with van der Waals surface area (Å²) in [6.07, 6.45) is 2.40. The third kappa shape index (κ3) is 2.67. The highest BCUT2D eigenvalue weighted by Crippen LogP contribution is 2.14. The van der Waals surface area contributed by atoms with Crippen LogP contribution in [0, 0.1) is 0 Å². The van der Waals surface area contributed by atoms with Gasteiger partial charge in [0, 0.05) is 5.69 Å². The van der Waals surface area contributed by atoms with Crippen LogP contribution in [0.5, 0.6) is 0 Å². The summed E-state index contributed by atoms with van der Waals surface area (Å²) in [5.41, 5.74) is 5.96. The highest BCUT2D eigenvalue weighted by Gasteiger charge is 2.14. The van der Waals surface area contributed by atoms with Crippen molar-refractivity contribution in [3.63, 3.8) is 0 Å². The van der Waals surface area contributed by atoms with Crippen molar-refractivity contribution < 1.29 is 8.42 Å². The van der Waals surface area contributed by atoms with E-state index in [0.29, 0.717) is 5.69 Å². The summed E-state index contributed by atoms with van der Waals surface area (Å²) in [5.74, 6) is -0.0307. The average Bonchev–Trinajstić information content (AvgIpc) is 2.30. The summed E-state index contributed by atoms with van der Waals surface area (Å²) in [7, 11) is -3.69. The van der Waals surface area contributed by atoms with Gasteiger partial charge < -0.3 is 5.73 Å². The Morgan fingerprint density at radius 2 is 1.65 bits per heavy atom. The Hall–Kier alpha value is -2.22. The standard InChI is InChI=1S/C9H9N5O2S/c10-7-1-3-8(4-2-7)17(15,16)14-9-12-5-11-6-13-9/h1-6H,10H2,(H,11,12,13,14). The maximum Gasteiger partial charge on any atom is 0.264 e. The zero-order chi connectivity index (χ0) is 12.3. The van der Waals surface area contributed by atoms with Crippen molar-refractivity contribution in [3.8, 4) is 0 Å². The Morgan fingerprint density at radius 3 is 2.24 bits per heavy atom. The van der Waals surface area contributed by atoms with E-state index >= 15 is 0 Å². The maximum absolute atomic E-state index is 11.9. The van der Waals surface area contributed by atoms with Crippen LogP contribution in [-0.2, 0) is 10.0 Å². The molecule has 2 rings (SSSR count). The zero-order valence-corrected chi connectivity index (χ0v) is 9.42. The molecule has 0 amide bonds. The van der Waals surface area contributed by atoms with E-state index in [4.69, 9.17) is 5.73 Å². The second kappa shape index (κ2) is 4.34. The number of hydrogen-bond donors (Lipinski definition) is 2. The van der Waals surface area contributed by atoms with Crippen LogP contribution in [0.3, 0.4) is 0 Å². The van der Waals surface area contributed by atoms with Gasteiger partial charge in [-0.15, -0.1) is 0 Å². The second-order valence-electron chi connectivity index (χ2n) is 3.14. The minimum Gasteiger partial charge on any atom is -0.399 e. The number of nitrogen functional groups attached to an aromatic ring is 1. The van der Waals surface area contributed by atoms with Crippen LogP contribution in [0.25, 0.3) is 0 Å². The fraction of sp³-hybridized carbons (Fsp3) is 0. The first-order chi connectivity index (χ1) is 8.08. The lowest BCUT2D eigenvalue weighted by Crippen LogP contribution is -2.15. The topological polar surface area (TPSA) is 111 Å². The van der Waals surface area contributed by atoms with Crippen molar-refractivity contribution in [1.29, 1.82) is 0 Å². The van der Waals surface area contributed by atoms with E-state index in [2.05, 4.69) is 19.7 Å². The molecule has 0 saturated heterocycles. The first-order valence-corrected chi connectivity index (χ1v) is 6.06. The summed E-state index contributed by atoms with van der Waals surface area (Å²) in [6, 6.07) is 5.81. The quantitative estimate of drug-likeness (QED) is 0.757. The summed E-state index contributed by atoms with van der Waals surface area (Å²) < 4.78 is 25.9. The number of hydrogen-bond acceptors (Lipinski definition) is 6. The van der Waals surface area contributed by atoms with Crippen LogP contribution < -0.4 is 10.5 Å². The predicted molar refractivity (Wildman–Crippen MR) is 61.5 cm³/mol. The van der Waals surface area contributed by atoms with Crippen molar-refractivity contribution >= 4 is 21.7 Å². The molecule has 0 aliphatic heterocycles. The molecule has 17 heavy (non-hydrogen) atoms. The van der Waals surface area contributed by atoms with E-state index in [0.717, 1.165) is 0 Å². The molecular weight excluding hydrogens is 242 g/mol. The lowest BCUT2D eigenvalue weighted by atomic mass is 10.3. The number of nitrogens with two attached hydrogens (primary N) is 1. The summed E-state index contributed by atoms with van der Waals surface area (Å²) in [5, 5.41) is 0. The molecule has 0 unspecified atom stereocenters. The number of benzene rings is 1. The van der Waals surface area contributed by atoms with Crippen LogP contribution in [0.1, 0.15) is 0 Å². The van der Waals surface area contributed by atoms with E-state index in [1.54, 1.807) is 0 Å². The van der Waals surface area contributed by atoms with E-state index in [-0.39, 0.29) is 10.8 Å². The van der Waals surface area contributed by atoms with Crippen molar-refractivity contribution in [2.45, 2.75) is 4.90 Å². The second-order valence-corrected chi connectivity index (χ2v) is 4.82. The van der Waals surface area contributed by atoms with Gasteiger partial charge in [-0.2, -0.15) is 0 Å². The molecule has 2 aromatic rings. The molecule has 1 aromatic heterocycles. The van der Waals surface area contributed by atoms with Gasteiger partial charge in [-0.25, -0.2) is 28.1 Å². The molecule has 0 fully saturated rings. The number of rotatable bonds is 3. The Balaban J connectivity index is 2.29. The van der Waals surface area contributed by atoms with Gasteiger partial charge in [-0.3, -0.25) is 0 Å². The van der Waals surface area contributed by atoms with Crippen molar-refractivity contribution in [1.82, 2.24) is 15.0 Å². The Kier molecular flexibility index (Phi) is 2.88. The lowest BCUT2D eigenvalue weighted by molar-refractivity contribution is 0.601. The van der Waals surface area contributed by atoms with E-state index in [1.807, 2.05) is 0 Å². The third-order valence-corrected chi connectivity index (χ3v) is 3.25. The first-order valence-electron chi connectivity index (χ1n) is 4.58. The first kappa shape index (κ1) is 11.3. The minimum atomic E-state index is -3.69. The largest absolute Gasteiger partial charge is 0.399 e. The fourth-order valence-electron chi connectivity index (χ4n) is 1.12. The fourth-order valence-corrected chi connectivity index (χ4v) is 2.08. The van der Waals surface area contributed by atoms with Gasteiger partial charge in [-0.05, 0) is 24.3 Å². The molecule has 1 aromatic carbocycles. The molecule has 0 spiro atoms. The highest BCUT2D eigenvalue weighted by molar-refractivity contribution is 7.92. The summed E-state index contributed by atoms with van der Waals surface area (Å²) >= 11 is 0. The van der Waals surface area contributed by atoms with Gasteiger partial charge in [0.2, 0.25) is 5.95 Å². The summed E-state index contributed by atoms with van der Waals surface area (Å²) in [6.45, 7) is 0. The molecule has 0 saturated carbocycles. The summed E-state index contributed by atoms with van der Waals surface area (Å²) in [4.78, 5) is 11.0. The number of nitrogens with one attached hydrogen (secondary N) is 1. The maximum atomic E-state index is 11.9. The molecule has 0 aliphatic carbocycles. The normalized spacial score (nSPS) is 11.1. The Morgan fingerprint density at radius 1 is 1.06 bits per heavy atom. The predicted octanol–water partition coefficient (Wildman–Crippen LogP) is 0.255. The molecule has 7 nitrogen and oxygen atoms in total. The molecule has 0 atom stereocenters. The average molecular weight is 251 g/mol. The zero-order valence-electron chi connectivity index (χ0n) is 8.61. The molecule has 0 radical (unpaired) electrons. The van der Waals surface area contributed by atoms with Crippen LogP contribution in [-0.4, -0.2) is 23.4 Å². The van der Waals surface area contributed by atoms with Gasteiger partial charge >= 0.3 is 0 Å². The molecular formula is C9H9N5O2S. The molecule has 3 N–H and O–H groups in total. The van der Waals surface area contributed by atoms with Crippen LogP contribution in [0.4, 0.5) is 11.6 Å². The van der Waals surface area contributed by atoms with Gasteiger partial charge in [0.1, 0.15) is 12.7 Å². The SMILES string of the molecule is Nc1ccc(S(=O)(=O)Nc2ncncn2)cc1. The van der Waals surface area contributed by atoms with Gasteiger partial charge in [0.15, 0.2) is 0 Å². The Labute approximate surface area is 97.8 Å². The number of aromatic nitrogens is 3. The molecule has 8 heteroatoms. The van der Waals surface area contributed by atoms with Gasteiger partial charge in [0.05, 0.1) is 4.90 Å². The van der Waals surface area contributed by atoms with E-state index < -0.39 is 10.0 Å². The van der Waals surface area contributed by atoms with E-state index in [9.17, 15) is 8.42 Å². The van der Waals surface area contributed by atoms with Gasteiger partial charge in [-0.1, -0.05) is 0 Å². The number of anilines is 2. The monoisotopic (exact) mass is 251 g/mol. The smallest absolute Gasteiger partial charge is 0.264 e. The number of nitrogens with zero attached hydrogens (tertiary/aromatic N) is 3. The molecule has 0 aliphatic rings. The van der Waals surface area contributed by atoms with E-state index in [1.165, 1.54) is 36.9 Å². The van der Waals surface area contributed by atoms with Crippen molar-refractivity contribution in [2.75, 3.05) is 10.5 Å². The molecule has 0 bridgehead atoms. The number of sulfonamides is 1. The van der Waals surface area contributed by atoms with Gasteiger partial charge in [0.25, 0.3) is 10.0 Å². The highest BCUT2D eigenvalue weighted by atomic mass is 32.2.